The lowest BCUT2D eigenvalue weighted by Gasteiger charge is -2.31. The molecule has 1 saturated carbocycles. The van der Waals surface area contributed by atoms with Crippen LogP contribution < -0.4 is 5.73 Å². The van der Waals surface area contributed by atoms with E-state index in [0.717, 1.165) is 31.7 Å². The predicted octanol–water partition coefficient (Wildman–Crippen LogP) is 2.67. The number of fused-ring (bicyclic) bond motifs is 1. The van der Waals surface area contributed by atoms with Crippen molar-refractivity contribution in [3.05, 3.63) is 23.5 Å². The summed E-state index contributed by atoms with van der Waals surface area (Å²) in [6.45, 7) is 2.08. The van der Waals surface area contributed by atoms with Gasteiger partial charge in [0.15, 0.2) is 0 Å². The first-order chi connectivity index (χ1) is 9.91. The molecular weight excluding hydrogens is 291 g/mol. The van der Waals surface area contributed by atoms with Crippen molar-refractivity contribution in [3.63, 3.8) is 0 Å². The molecule has 0 bridgehead atoms. The van der Waals surface area contributed by atoms with Gasteiger partial charge in [0.05, 0.1) is 4.90 Å². The zero-order chi connectivity index (χ0) is 15.2. The van der Waals surface area contributed by atoms with Gasteiger partial charge in [-0.05, 0) is 44.2 Å². The van der Waals surface area contributed by atoms with Crippen LogP contribution in [0.3, 0.4) is 0 Å². The second kappa shape index (κ2) is 5.25. The van der Waals surface area contributed by atoms with E-state index in [9.17, 15) is 12.8 Å². The largest absolute Gasteiger partial charge is 0.398 e. The molecule has 3 rings (SSSR count). The number of rotatable bonds is 2. The van der Waals surface area contributed by atoms with Crippen molar-refractivity contribution in [1.82, 2.24) is 4.31 Å². The molecule has 1 aromatic rings. The first-order valence-electron chi connectivity index (χ1n) is 7.48. The fourth-order valence-corrected chi connectivity index (χ4v) is 5.40. The number of halogens is 1. The third kappa shape index (κ3) is 2.44. The highest BCUT2D eigenvalue weighted by Crippen LogP contribution is 2.39. The summed E-state index contributed by atoms with van der Waals surface area (Å²) in [5, 5.41) is 0. The van der Waals surface area contributed by atoms with Gasteiger partial charge in [-0.1, -0.05) is 12.8 Å². The number of nitrogen functional groups attached to an aromatic ring is 1. The number of anilines is 1. The van der Waals surface area contributed by atoms with Gasteiger partial charge in [-0.2, -0.15) is 4.31 Å². The summed E-state index contributed by atoms with van der Waals surface area (Å²) in [7, 11) is -3.66. The zero-order valence-electron chi connectivity index (χ0n) is 12.2. The minimum absolute atomic E-state index is 0.0191. The number of nitrogens with zero attached hydrogens (tertiary/aromatic N) is 1. The fraction of sp³-hybridized carbons (Fsp3) is 0.600. The van der Waals surface area contributed by atoms with E-state index in [2.05, 4.69) is 0 Å². The average Bonchev–Trinajstić information content (AvgIpc) is 2.88. The van der Waals surface area contributed by atoms with Crippen molar-refractivity contribution >= 4 is 15.7 Å². The maximum Gasteiger partial charge on any atom is 0.243 e. The minimum atomic E-state index is -3.66. The van der Waals surface area contributed by atoms with Gasteiger partial charge in [-0.3, -0.25) is 0 Å². The molecule has 2 fully saturated rings. The molecule has 2 atom stereocenters. The van der Waals surface area contributed by atoms with E-state index < -0.39 is 15.8 Å². The molecule has 21 heavy (non-hydrogen) atoms. The van der Waals surface area contributed by atoms with E-state index in [1.54, 1.807) is 11.2 Å². The van der Waals surface area contributed by atoms with Gasteiger partial charge in [0.1, 0.15) is 5.82 Å². The first-order valence-corrected chi connectivity index (χ1v) is 8.92. The van der Waals surface area contributed by atoms with Crippen molar-refractivity contribution in [2.45, 2.75) is 50.0 Å². The second-order valence-corrected chi connectivity index (χ2v) is 8.03. The van der Waals surface area contributed by atoms with Crippen LogP contribution in [0.15, 0.2) is 17.0 Å². The van der Waals surface area contributed by atoms with Crippen molar-refractivity contribution < 1.29 is 12.8 Å². The molecular formula is C15H21FN2O2S. The van der Waals surface area contributed by atoms with Gasteiger partial charge in [0.25, 0.3) is 0 Å². The highest BCUT2D eigenvalue weighted by atomic mass is 32.2. The standard InChI is InChI=1S/C15H21FN2O2S/c1-10-13(16)8-12(9-14(10)17)21(19,20)18-7-6-11-4-2-3-5-15(11)18/h8-9,11,15H,2-7,17H2,1H3. The summed E-state index contributed by atoms with van der Waals surface area (Å²) in [5.74, 6) is -0.103. The second-order valence-electron chi connectivity index (χ2n) is 6.14. The highest BCUT2D eigenvalue weighted by Gasteiger charge is 2.42. The molecule has 1 saturated heterocycles. The zero-order valence-corrected chi connectivity index (χ0v) is 13.0. The Hall–Kier alpha value is -1.14. The normalized spacial score (nSPS) is 26.8. The summed E-state index contributed by atoms with van der Waals surface area (Å²) in [4.78, 5) is -0.0191. The Morgan fingerprint density at radius 3 is 2.67 bits per heavy atom. The van der Waals surface area contributed by atoms with Crippen molar-refractivity contribution in [2.75, 3.05) is 12.3 Å². The van der Waals surface area contributed by atoms with Crippen LogP contribution >= 0.6 is 0 Å². The van der Waals surface area contributed by atoms with E-state index in [0.29, 0.717) is 18.0 Å². The number of nitrogens with two attached hydrogens (primary N) is 1. The lowest BCUT2D eigenvalue weighted by atomic mass is 9.86. The number of sulfonamides is 1. The number of hydrogen-bond acceptors (Lipinski definition) is 3. The maximum absolute atomic E-state index is 13.8. The van der Waals surface area contributed by atoms with Crippen molar-refractivity contribution in [3.8, 4) is 0 Å². The smallest absolute Gasteiger partial charge is 0.243 e. The number of hydrogen-bond donors (Lipinski definition) is 1. The Morgan fingerprint density at radius 1 is 1.24 bits per heavy atom. The summed E-state index contributed by atoms with van der Waals surface area (Å²) in [5.41, 5.74) is 6.21. The van der Waals surface area contributed by atoms with Gasteiger partial charge >= 0.3 is 0 Å². The van der Waals surface area contributed by atoms with E-state index >= 15 is 0 Å². The van der Waals surface area contributed by atoms with Crippen LogP contribution in [0.4, 0.5) is 10.1 Å². The van der Waals surface area contributed by atoms with Crippen LogP contribution in [0.5, 0.6) is 0 Å². The SMILES string of the molecule is Cc1c(N)cc(S(=O)(=O)N2CCC3CCCCC32)cc1F. The van der Waals surface area contributed by atoms with Crippen molar-refractivity contribution in [2.24, 2.45) is 5.92 Å². The molecule has 4 nitrogen and oxygen atoms in total. The van der Waals surface area contributed by atoms with Crippen LogP contribution in [0.25, 0.3) is 0 Å². The molecule has 2 N–H and O–H groups in total. The molecule has 1 aliphatic carbocycles. The maximum atomic E-state index is 13.8. The van der Waals surface area contributed by atoms with Gasteiger partial charge in [-0.25, -0.2) is 12.8 Å². The summed E-state index contributed by atoms with van der Waals surface area (Å²) in [6.07, 6.45) is 5.17. The Balaban J connectivity index is 1.97. The summed E-state index contributed by atoms with van der Waals surface area (Å²) in [6, 6.07) is 2.55. The Kier molecular flexibility index (Phi) is 3.69. The van der Waals surface area contributed by atoms with Gasteiger partial charge < -0.3 is 5.73 Å². The molecule has 2 unspecified atom stereocenters. The predicted molar refractivity (Wildman–Crippen MR) is 79.8 cm³/mol. The Bertz CT molecular complexity index is 637. The summed E-state index contributed by atoms with van der Waals surface area (Å²) >= 11 is 0. The van der Waals surface area contributed by atoms with Crippen LogP contribution in [0.1, 0.15) is 37.7 Å². The monoisotopic (exact) mass is 312 g/mol. The fourth-order valence-electron chi connectivity index (χ4n) is 3.62. The lowest BCUT2D eigenvalue weighted by molar-refractivity contribution is 0.260. The van der Waals surface area contributed by atoms with Crippen LogP contribution in [0, 0.1) is 18.7 Å². The molecule has 0 radical (unpaired) electrons. The molecule has 6 heteroatoms. The van der Waals surface area contributed by atoms with E-state index in [1.165, 1.54) is 12.5 Å². The van der Waals surface area contributed by atoms with E-state index in [-0.39, 0.29) is 16.6 Å². The third-order valence-corrected chi connectivity index (χ3v) is 6.83. The van der Waals surface area contributed by atoms with E-state index in [4.69, 9.17) is 5.73 Å². The van der Waals surface area contributed by atoms with Crippen LogP contribution in [0.2, 0.25) is 0 Å². The molecule has 0 aromatic heterocycles. The van der Waals surface area contributed by atoms with Crippen molar-refractivity contribution in [1.29, 1.82) is 0 Å². The number of benzene rings is 1. The average molecular weight is 312 g/mol. The third-order valence-electron chi connectivity index (χ3n) is 4.92. The Morgan fingerprint density at radius 2 is 1.95 bits per heavy atom. The molecule has 2 aliphatic rings. The van der Waals surface area contributed by atoms with Gasteiger partial charge in [-0.15, -0.1) is 0 Å². The molecule has 1 aliphatic heterocycles. The summed E-state index contributed by atoms with van der Waals surface area (Å²) < 4.78 is 41.0. The molecule has 1 heterocycles. The molecule has 0 amide bonds. The molecule has 0 spiro atoms. The first kappa shape index (κ1) is 14.8. The Labute approximate surface area is 125 Å². The molecule has 1 aromatic carbocycles. The van der Waals surface area contributed by atoms with E-state index in [1.807, 2.05) is 0 Å². The topological polar surface area (TPSA) is 63.4 Å². The molecule has 116 valence electrons. The quantitative estimate of drug-likeness (QED) is 0.854. The van der Waals surface area contributed by atoms with Crippen LogP contribution in [-0.4, -0.2) is 25.3 Å². The minimum Gasteiger partial charge on any atom is -0.398 e. The van der Waals surface area contributed by atoms with Crippen LogP contribution in [-0.2, 0) is 10.0 Å². The van der Waals surface area contributed by atoms with Gasteiger partial charge in [0, 0.05) is 23.8 Å². The lowest BCUT2D eigenvalue weighted by Crippen LogP contribution is -2.39. The van der Waals surface area contributed by atoms with Gasteiger partial charge in [0.2, 0.25) is 10.0 Å². The highest BCUT2D eigenvalue weighted by molar-refractivity contribution is 7.89.